The molecule has 2 aromatic rings. The van der Waals surface area contributed by atoms with Crippen molar-refractivity contribution in [3.8, 4) is 0 Å². The van der Waals surface area contributed by atoms with Crippen LogP contribution in [0.2, 0.25) is 0 Å². The van der Waals surface area contributed by atoms with E-state index >= 15 is 0 Å². The van der Waals surface area contributed by atoms with Gasteiger partial charge in [-0.3, -0.25) is 14.5 Å². The summed E-state index contributed by atoms with van der Waals surface area (Å²) in [7, 11) is 0. The van der Waals surface area contributed by atoms with E-state index in [1.165, 1.54) is 0 Å². The molecule has 0 aromatic carbocycles. The molecule has 0 aliphatic rings. The van der Waals surface area contributed by atoms with Crippen LogP contribution in [0, 0.1) is 0 Å². The molecule has 0 amide bonds. The lowest BCUT2D eigenvalue weighted by Crippen LogP contribution is -2.02. The molecule has 0 fully saturated rings. The quantitative estimate of drug-likeness (QED) is 0.813. The van der Waals surface area contributed by atoms with Crippen LogP contribution in [0.4, 0.5) is 0 Å². The molecular formula is C11H12N4O2. The maximum Gasteiger partial charge on any atom is 0.309 e. The smallest absolute Gasteiger partial charge is 0.309 e. The van der Waals surface area contributed by atoms with Crippen molar-refractivity contribution in [2.45, 2.75) is 19.4 Å². The first-order chi connectivity index (χ1) is 8.24. The van der Waals surface area contributed by atoms with Crippen LogP contribution >= 0.6 is 0 Å². The lowest BCUT2D eigenvalue weighted by Gasteiger charge is -1.99. The van der Waals surface area contributed by atoms with Crippen LogP contribution in [0.1, 0.15) is 11.3 Å². The zero-order chi connectivity index (χ0) is 12.1. The fraction of sp³-hybridized carbons (Fsp3) is 0.273. The number of aliphatic carboxylic acids is 1. The van der Waals surface area contributed by atoms with E-state index in [0.29, 0.717) is 12.2 Å². The van der Waals surface area contributed by atoms with Crippen molar-refractivity contribution in [2.24, 2.45) is 0 Å². The lowest BCUT2D eigenvalue weighted by molar-refractivity contribution is -0.136. The molecule has 0 aliphatic carbocycles. The minimum atomic E-state index is -0.897. The van der Waals surface area contributed by atoms with Gasteiger partial charge in [0.1, 0.15) is 0 Å². The van der Waals surface area contributed by atoms with Gasteiger partial charge in [0.15, 0.2) is 0 Å². The van der Waals surface area contributed by atoms with Crippen molar-refractivity contribution in [1.82, 2.24) is 20.0 Å². The molecule has 2 heterocycles. The Morgan fingerprint density at radius 2 is 2.12 bits per heavy atom. The van der Waals surface area contributed by atoms with Crippen molar-refractivity contribution in [1.29, 1.82) is 0 Å². The number of rotatable bonds is 5. The van der Waals surface area contributed by atoms with Crippen LogP contribution in [0.15, 0.2) is 30.7 Å². The summed E-state index contributed by atoms with van der Waals surface area (Å²) in [6.07, 6.45) is 5.88. The number of aromatic nitrogens is 4. The van der Waals surface area contributed by atoms with Gasteiger partial charge < -0.3 is 5.11 Å². The van der Waals surface area contributed by atoms with Gasteiger partial charge in [-0.1, -0.05) is 5.21 Å². The number of hydrogen-bond acceptors (Lipinski definition) is 4. The molecule has 0 saturated heterocycles. The number of nitrogens with zero attached hydrogens (tertiary/aromatic N) is 4. The topological polar surface area (TPSA) is 80.9 Å². The lowest BCUT2D eigenvalue weighted by atomic mass is 10.2. The summed E-state index contributed by atoms with van der Waals surface area (Å²) in [6, 6.07) is 3.88. The monoisotopic (exact) mass is 232 g/mol. The average Bonchev–Trinajstić information content (AvgIpc) is 2.75. The molecule has 0 bridgehead atoms. The zero-order valence-electron chi connectivity index (χ0n) is 9.15. The summed E-state index contributed by atoms with van der Waals surface area (Å²) >= 11 is 0. The Kier molecular flexibility index (Phi) is 3.44. The van der Waals surface area contributed by atoms with Gasteiger partial charge in [-0.05, 0) is 24.1 Å². The van der Waals surface area contributed by atoms with E-state index in [1.54, 1.807) is 23.3 Å². The van der Waals surface area contributed by atoms with Gasteiger partial charge in [0.05, 0.1) is 12.1 Å². The van der Waals surface area contributed by atoms with Crippen LogP contribution < -0.4 is 0 Å². The van der Waals surface area contributed by atoms with Gasteiger partial charge in [-0.2, -0.15) is 0 Å². The maximum atomic E-state index is 10.5. The van der Waals surface area contributed by atoms with Crippen LogP contribution in [-0.4, -0.2) is 31.1 Å². The first kappa shape index (κ1) is 11.3. The van der Waals surface area contributed by atoms with Crippen LogP contribution in [0.5, 0.6) is 0 Å². The second-order valence-corrected chi connectivity index (χ2v) is 3.65. The van der Waals surface area contributed by atoms with Gasteiger partial charge in [-0.15, -0.1) is 5.10 Å². The Labute approximate surface area is 97.9 Å². The first-order valence-corrected chi connectivity index (χ1v) is 5.24. The highest BCUT2D eigenvalue weighted by Gasteiger charge is 2.05. The maximum absolute atomic E-state index is 10.5. The first-order valence-electron chi connectivity index (χ1n) is 5.24. The van der Waals surface area contributed by atoms with Crippen molar-refractivity contribution in [3.05, 3.63) is 42.0 Å². The van der Waals surface area contributed by atoms with E-state index in [4.69, 9.17) is 5.11 Å². The van der Waals surface area contributed by atoms with Crippen LogP contribution in [0.3, 0.4) is 0 Å². The van der Waals surface area contributed by atoms with Crippen LogP contribution in [-0.2, 0) is 24.2 Å². The summed E-state index contributed by atoms with van der Waals surface area (Å²) < 4.78 is 1.65. The van der Waals surface area contributed by atoms with Crippen molar-refractivity contribution < 1.29 is 9.90 Å². The third-order valence-electron chi connectivity index (χ3n) is 2.30. The molecule has 0 radical (unpaired) electrons. The predicted molar refractivity (Wildman–Crippen MR) is 59.3 cm³/mol. The molecule has 6 heteroatoms. The van der Waals surface area contributed by atoms with Crippen molar-refractivity contribution in [3.63, 3.8) is 0 Å². The second kappa shape index (κ2) is 5.20. The Morgan fingerprint density at radius 1 is 1.35 bits per heavy atom. The Hall–Kier alpha value is -2.24. The molecule has 2 rings (SSSR count). The number of hydrogen-bond donors (Lipinski definition) is 1. The molecule has 1 N–H and O–H groups in total. The number of carbonyl (C=O) groups is 1. The Balaban J connectivity index is 1.91. The molecule has 17 heavy (non-hydrogen) atoms. The Morgan fingerprint density at radius 3 is 2.82 bits per heavy atom. The number of pyridine rings is 1. The minimum absolute atomic E-state index is 0.0880. The molecule has 6 nitrogen and oxygen atoms in total. The number of carboxylic acids is 1. The zero-order valence-corrected chi connectivity index (χ0v) is 9.15. The summed E-state index contributed by atoms with van der Waals surface area (Å²) in [5, 5.41) is 16.3. The van der Waals surface area contributed by atoms with Gasteiger partial charge in [0.25, 0.3) is 0 Å². The van der Waals surface area contributed by atoms with Gasteiger partial charge in [0.2, 0.25) is 0 Å². The minimum Gasteiger partial charge on any atom is -0.481 e. The van der Waals surface area contributed by atoms with Gasteiger partial charge >= 0.3 is 5.97 Å². The van der Waals surface area contributed by atoms with Gasteiger partial charge in [-0.25, -0.2) is 0 Å². The third kappa shape index (κ3) is 3.37. The number of carboxylic acid groups (broad SMARTS) is 1. The summed E-state index contributed by atoms with van der Waals surface area (Å²) in [5.41, 5.74) is 1.64. The molecule has 88 valence electrons. The second-order valence-electron chi connectivity index (χ2n) is 3.65. The van der Waals surface area contributed by atoms with E-state index in [1.807, 2.05) is 12.1 Å². The van der Waals surface area contributed by atoms with E-state index in [-0.39, 0.29) is 6.42 Å². The molecule has 0 atom stereocenters. The average molecular weight is 232 g/mol. The predicted octanol–water partition coefficient (Wildman–Crippen LogP) is 0.543. The third-order valence-corrected chi connectivity index (χ3v) is 2.30. The molecule has 0 unspecified atom stereocenters. The fourth-order valence-corrected chi connectivity index (χ4v) is 1.48. The summed E-state index contributed by atoms with van der Waals surface area (Å²) in [6.45, 7) is 0.677. The highest BCUT2D eigenvalue weighted by molar-refractivity contribution is 5.69. The molecule has 2 aromatic heterocycles. The van der Waals surface area contributed by atoms with E-state index < -0.39 is 5.97 Å². The van der Waals surface area contributed by atoms with Crippen molar-refractivity contribution >= 4 is 5.97 Å². The summed E-state index contributed by atoms with van der Waals surface area (Å²) in [5.74, 6) is -0.897. The fourth-order valence-electron chi connectivity index (χ4n) is 1.48. The summed E-state index contributed by atoms with van der Waals surface area (Å²) in [4.78, 5) is 14.4. The largest absolute Gasteiger partial charge is 0.481 e. The molecule has 0 saturated carbocycles. The normalized spacial score (nSPS) is 10.4. The highest BCUT2D eigenvalue weighted by Crippen LogP contribution is 2.01. The highest BCUT2D eigenvalue weighted by atomic mass is 16.4. The van der Waals surface area contributed by atoms with Crippen LogP contribution in [0.25, 0.3) is 0 Å². The van der Waals surface area contributed by atoms with Gasteiger partial charge in [0, 0.05) is 25.1 Å². The Bertz CT molecular complexity index is 495. The molecule has 0 aliphatic heterocycles. The standard InChI is InChI=1S/C11H12N4O2/c16-11(17)7-10-8-15(14-13-10)6-3-9-1-4-12-5-2-9/h1-2,4-5,8H,3,6-7H2,(H,16,17). The van der Waals surface area contributed by atoms with E-state index in [2.05, 4.69) is 15.3 Å². The molecule has 0 spiro atoms. The van der Waals surface area contributed by atoms with E-state index in [0.717, 1.165) is 12.0 Å². The number of aryl methyl sites for hydroxylation is 2. The SMILES string of the molecule is O=C(O)Cc1cn(CCc2ccncc2)nn1. The van der Waals surface area contributed by atoms with E-state index in [9.17, 15) is 4.79 Å². The molecular weight excluding hydrogens is 220 g/mol. The van der Waals surface area contributed by atoms with Crippen molar-refractivity contribution in [2.75, 3.05) is 0 Å².